The zero-order valence-corrected chi connectivity index (χ0v) is 15.6. The third kappa shape index (κ3) is 4.23. The predicted octanol–water partition coefficient (Wildman–Crippen LogP) is 2.70. The van der Waals surface area contributed by atoms with E-state index < -0.39 is 5.97 Å². The molecule has 2 atom stereocenters. The van der Waals surface area contributed by atoms with Crippen LogP contribution >= 0.6 is 34.8 Å². The topological polar surface area (TPSA) is 86.8 Å². The van der Waals surface area contributed by atoms with Gasteiger partial charge in [-0.1, -0.05) is 37.0 Å². The predicted molar refractivity (Wildman–Crippen MR) is 92.2 cm³/mol. The SMILES string of the molecule is C[C@H]1C[C@H](C)CN(C(=O)COC(=O)c2[nH+]c(Cl)c(Cl)c(N)c2Cl)C1. The van der Waals surface area contributed by atoms with E-state index in [9.17, 15) is 9.59 Å². The number of anilines is 1. The summed E-state index contributed by atoms with van der Waals surface area (Å²) in [5, 5.41) is -0.108. The Balaban J connectivity index is 2.02. The van der Waals surface area contributed by atoms with Crippen molar-refractivity contribution >= 4 is 52.4 Å². The summed E-state index contributed by atoms with van der Waals surface area (Å²) in [6.07, 6.45) is 1.08. The van der Waals surface area contributed by atoms with E-state index in [-0.39, 0.29) is 39.1 Å². The fraction of sp³-hybridized carbons (Fsp3) is 0.533. The highest BCUT2D eigenvalue weighted by Crippen LogP contribution is 2.32. The smallest absolute Gasteiger partial charge is 0.405 e. The largest absolute Gasteiger partial charge is 0.448 e. The van der Waals surface area contributed by atoms with Crippen molar-refractivity contribution in [2.75, 3.05) is 25.4 Å². The summed E-state index contributed by atoms with van der Waals surface area (Å²) in [6.45, 7) is 5.13. The van der Waals surface area contributed by atoms with E-state index in [0.717, 1.165) is 6.42 Å². The van der Waals surface area contributed by atoms with Gasteiger partial charge in [0.2, 0.25) is 0 Å². The Kier molecular flexibility index (Phi) is 6.17. The van der Waals surface area contributed by atoms with Crippen LogP contribution in [0.15, 0.2) is 0 Å². The van der Waals surface area contributed by atoms with Gasteiger partial charge in [-0.05, 0) is 29.9 Å². The molecule has 1 aliphatic rings. The van der Waals surface area contributed by atoms with Gasteiger partial charge < -0.3 is 15.4 Å². The van der Waals surface area contributed by atoms with Gasteiger partial charge in [-0.15, -0.1) is 0 Å². The molecule has 1 saturated heterocycles. The Morgan fingerprint density at radius 1 is 1.21 bits per heavy atom. The molecular weight excluding hydrogens is 377 g/mol. The van der Waals surface area contributed by atoms with Gasteiger partial charge in [0.1, 0.15) is 10.0 Å². The number of ether oxygens (including phenoxy) is 1. The van der Waals surface area contributed by atoms with Crippen molar-refractivity contribution in [3.8, 4) is 0 Å². The number of nitrogen functional groups attached to an aromatic ring is 1. The van der Waals surface area contributed by atoms with Gasteiger partial charge in [-0.25, -0.2) is 4.79 Å². The van der Waals surface area contributed by atoms with Gasteiger partial charge in [0.15, 0.2) is 6.61 Å². The number of nitrogens with two attached hydrogens (primary N) is 1. The molecule has 1 fully saturated rings. The summed E-state index contributed by atoms with van der Waals surface area (Å²) in [5.41, 5.74) is 5.50. The third-order valence-electron chi connectivity index (χ3n) is 3.87. The zero-order valence-electron chi connectivity index (χ0n) is 13.4. The standard InChI is InChI=1S/C15H18Cl3N3O3/c1-7-3-8(2)5-21(4-7)9(22)6-24-15(23)13-10(16)12(19)11(17)14(18)20-13/h7-8H,3-6H2,1-2H3,(H2,19,20)/p+1/t7-,8-/m0/s1. The Morgan fingerprint density at radius 3 is 2.38 bits per heavy atom. The van der Waals surface area contributed by atoms with E-state index in [1.165, 1.54) is 0 Å². The number of H-pyrrole nitrogens is 1. The van der Waals surface area contributed by atoms with E-state index in [1.54, 1.807) is 4.90 Å². The van der Waals surface area contributed by atoms with Crippen LogP contribution < -0.4 is 10.7 Å². The van der Waals surface area contributed by atoms with Crippen molar-refractivity contribution in [1.82, 2.24) is 4.90 Å². The molecule has 1 aromatic rings. The number of aromatic nitrogens is 1. The van der Waals surface area contributed by atoms with E-state index >= 15 is 0 Å². The Hall–Kier alpha value is -1.24. The quantitative estimate of drug-likeness (QED) is 0.629. The molecule has 132 valence electrons. The second kappa shape index (κ2) is 7.76. The van der Waals surface area contributed by atoms with E-state index in [1.807, 2.05) is 0 Å². The Labute approximate surface area is 155 Å². The molecule has 0 spiro atoms. The Morgan fingerprint density at radius 2 is 1.79 bits per heavy atom. The lowest BCUT2D eigenvalue weighted by Crippen LogP contribution is -2.44. The monoisotopic (exact) mass is 394 g/mol. The molecule has 2 heterocycles. The summed E-state index contributed by atoms with van der Waals surface area (Å²) in [7, 11) is 0. The highest BCUT2D eigenvalue weighted by molar-refractivity contribution is 6.45. The lowest BCUT2D eigenvalue weighted by Gasteiger charge is -2.34. The summed E-state index contributed by atoms with van der Waals surface area (Å²) >= 11 is 17.6. The van der Waals surface area contributed by atoms with Crippen LogP contribution in [0.1, 0.15) is 30.8 Å². The maximum absolute atomic E-state index is 12.2. The number of nitrogens with zero attached hydrogens (tertiary/aromatic N) is 1. The molecule has 0 aromatic carbocycles. The highest BCUT2D eigenvalue weighted by atomic mass is 35.5. The average molecular weight is 396 g/mol. The summed E-state index contributed by atoms with van der Waals surface area (Å²) in [4.78, 5) is 28.6. The van der Waals surface area contributed by atoms with Crippen LogP contribution in [0.3, 0.4) is 0 Å². The molecule has 24 heavy (non-hydrogen) atoms. The van der Waals surface area contributed by atoms with E-state index in [2.05, 4.69) is 18.8 Å². The summed E-state index contributed by atoms with van der Waals surface area (Å²) in [5.74, 6) is -0.222. The number of amides is 1. The number of pyridine rings is 1. The molecule has 0 radical (unpaired) electrons. The fourth-order valence-corrected chi connectivity index (χ4v) is 3.47. The number of nitrogens with one attached hydrogen (secondary N) is 1. The number of hydrogen-bond donors (Lipinski definition) is 1. The van der Waals surface area contributed by atoms with Crippen molar-refractivity contribution in [2.24, 2.45) is 11.8 Å². The minimum absolute atomic E-state index is 0.0191. The van der Waals surface area contributed by atoms with Crippen molar-refractivity contribution in [1.29, 1.82) is 0 Å². The molecule has 1 aliphatic heterocycles. The molecule has 2 rings (SSSR count). The number of halogens is 3. The number of rotatable bonds is 3. The van der Waals surface area contributed by atoms with Crippen molar-refractivity contribution in [2.45, 2.75) is 20.3 Å². The van der Waals surface area contributed by atoms with Gasteiger partial charge in [0.05, 0.1) is 5.69 Å². The zero-order chi connectivity index (χ0) is 18.0. The van der Waals surface area contributed by atoms with Gasteiger partial charge >= 0.3 is 11.7 Å². The van der Waals surface area contributed by atoms with Crippen LogP contribution in [0.2, 0.25) is 15.2 Å². The minimum atomic E-state index is -0.822. The molecule has 3 N–H and O–H groups in total. The van der Waals surface area contributed by atoms with Crippen LogP contribution in [0, 0.1) is 11.8 Å². The average Bonchev–Trinajstić information content (AvgIpc) is 2.52. The van der Waals surface area contributed by atoms with Crippen LogP contribution in [0.4, 0.5) is 5.69 Å². The molecule has 0 bridgehead atoms. The lowest BCUT2D eigenvalue weighted by molar-refractivity contribution is -0.380. The van der Waals surface area contributed by atoms with Crippen LogP contribution in [-0.4, -0.2) is 36.5 Å². The number of esters is 1. The number of hydrogen-bond acceptors (Lipinski definition) is 4. The number of likely N-dealkylation sites (tertiary alicyclic amines) is 1. The molecule has 0 saturated carbocycles. The van der Waals surface area contributed by atoms with Crippen LogP contribution in [0.25, 0.3) is 0 Å². The third-order valence-corrected chi connectivity index (χ3v) is 5.04. The summed E-state index contributed by atoms with van der Waals surface area (Å²) in [6, 6.07) is 0. The normalized spacial score (nSPS) is 20.8. The molecule has 1 aromatic heterocycles. The summed E-state index contributed by atoms with van der Waals surface area (Å²) < 4.78 is 5.04. The number of aromatic amines is 1. The molecule has 0 aliphatic carbocycles. The second-order valence-corrected chi connectivity index (χ2v) is 7.31. The molecular formula is C15H19Cl3N3O3+. The van der Waals surface area contributed by atoms with Gasteiger partial charge in [-0.2, -0.15) is 4.98 Å². The Bertz CT molecular complexity index is 659. The minimum Gasteiger partial charge on any atom is -0.448 e. The van der Waals surface area contributed by atoms with Gasteiger partial charge in [0.25, 0.3) is 11.1 Å². The highest BCUT2D eigenvalue weighted by Gasteiger charge is 2.30. The van der Waals surface area contributed by atoms with Crippen molar-refractivity contribution in [3.05, 3.63) is 20.9 Å². The number of carbonyl (C=O) groups is 2. The van der Waals surface area contributed by atoms with E-state index in [4.69, 9.17) is 45.3 Å². The molecule has 1 amide bonds. The first-order chi connectivity index (χ1) is 11.2. The first kappa shape index (κ1) is 19.1. The van der Waals surface area contributed by atoms with Crippen LogP contribution in [0.5, 0.6) is 0 Å². The lowest BCUT2D eigenvalue weighted by atomic mass is 9.92. The molecule has 9 heteroatoms. The first-order valence-corrected chi connectivity index (χ1v) is 8.64. The second-order valence-electron chi connectivity index (χ2n) is 6.18. The maximum Gasteiger partial charge on any atom is 0.405 e. The van der Waals surface area contributed by atoms with Gasteiger partial charge in [0, 0.05) is 13.1 Å². The molecule has 0 unspecified atom stereocenters. The number of piperidine rings is 1. The number of carbonyl (C=O) groups excluding carboxylic acids is 2. The van der Waals surface area contributed by atoms with E-state index in [0.29, 0.717) is 24.9 Å². The first-order valence-electron chi connectivity index (χ1n) is 7.50. The van der Waals surface area contributed by atoms with Gasteiger partial charge in [-0.3, -0.25) is 4.79 Å². The fourth-order valence-electron chi connectivity index (χ4n) is 2.87. The maximum atomic E-state index is 12.2. The van der Waals surface area contributed by atoms with Crippen LogP contribution in [-0.2, 0) is 9.53 Å². The van der Waals surface area contributed by atoms with Crippen molar-refractivity contribution in [3.63, 3.8) is 0 Å². The van der Waals surface area contributed by atoms with Crippen molar-refractivity contribution < 1.29 is 19.3 Å². The molecule has 6 nitrogen and oxygen atoms in total.